The maximum absolute atomic E-state index is 13.7. The van der Waals surface area contributed by atoms with Gasteiger partial charge in [-0.05, 0) is 94.0 Å². The van der Waals surface area contributed by atoms with Crippen molar-refractivity contribution in [2.45, 2.75) is 63.0 Å². The second-order valence-electron chi connectivity index (χ2n) is 12.4. The van der Waals surface area contributed by atoms with Gasteiger partial charge in [0.05, 0.1) is 32.8 Å². The van der Waals surface area contributed by atoms with Crippen LogP contribution in [0.25, 0.3) is 10.2 Å². The molecule has 0 bridgehead atoms. The SMILES string of the molecule is CC(C)(C)OC(=O)N1CCC(CC(=O)Nc2cccc(S(=O)(=O)NC(Cc3cccc(C#N)c3)c3nc4ccccc4s3)c2)CC1. The van der Waals surface area contributed by atoms with Crippen molar-refractivity contribution >= 4 is 49.3 Å². The minimum Gasteiger partial charge on any atom is -0.444 e. The summed E-state index contributed by atoms with van der Waals surface area (Å²) < 4.78 is 36.7. The van der Waals surface area contributed by atoms with Crippen molar-refractivity contribution in [2.24, 2.45) is 5.92 Å². The average molecular weight is 660 g/mol. The molecule has 1 unspecified atom stereocenters. The zero-order chi connectivity index (χ0) is 32.9. The second-order valence-corrected chi connectivity index (χ2v) is 15.2. The average Bonchev–Trinajstić information content (AvgIpc) is 3.45. The summed E-state index contributed by atoms with van der Waals surface area (Å²) in [5.41, 5.74) is 1.87. The van der Waals surface area contributed by atoms with Crippen LogP contribution in [0.2, 0.25) is 0 Å². The summed E-state index contributed by atoms with van der Waals surface area (Å²) in [6.45, 7) is 6.52. The van der Waals surface area contributed by atoms with E-state index in [9.17, 15) is 23.3 Å². The quantitative estimate of drug-likeness (QED) is 0.212. The third kappa shape index (κ3) is 8.69. The molecule has 1 fully saturated rings. The number of anilines is 1. The van der Waals surface area contributed by atoms with Crippen molar-refractivity contribution in [2.75, 3.05) is 18.4 Å². The zero-order valence-corrected chi connectivity index (χ0v) is 27.7. The molecule has 12 heteroatoms. The molecule has 1 aromatic heterocycles. The topological polar surface area (TPSA) is 141 Å². The van der Waals surface area contributed by atoms with E-state index in [1.54, 1.807) is 35.2 Å². The number of thiazole rings is 1. The minimum atomic E-state index is -4.04. The van der Waals surface area contributed by atoms with Crippen LogP contribution < -0.4 is 10.0 Å². The third-order valence-electron chi connectivity index (χ3n) is 7.57. The number of ether oxygens (including phenoxy) is 1. The molecule has 1 saturated heterocycles. The highest BCUT2D eigenvalue weighted by atomic mass is 32.2. The predicted octanol–water partition coefficient (Wildman–Crippen LogP) is 6.41. The lowest BCUT2D eigenvalue weighted by Crippen LogP contribution is -2.42. The Hall–Kier alpha value is -4.31. The summed E-state index contributed by atoms with van der Waals surface area (Å²) in [6, 6.07) is 22.3. The first-order valence-corrected chi connectivity index (χ1v) is 17.4. The van der Waals surface area contributed by atoms with Gasteiger partial charge in [-0.1, -0.05) is 30.3 Å². The number of amides is 2. The van der Waals surface area contributed by atoms with Crippen molar-refractivity contribution in [3.63, 3.8) is 0 Å². The number of nitriles is 1. The Morgan fingerprint density at radius 2 is 1.80 bits per heavy atom. The van der Waals surface area contributed by atoms with E-state index >= 15 is 0 Å². The highest BCUT2D eigenvalue weighted by molar-refractivity contribution is 7.89. The molecular formula is C34H37N5O5S2. The fraction of sp³-hybridized carbons (Fsp3) is 0.353. The smallest absolute Gasteiger partial charge is 0.410 e. The number of benzene rings is 3. The van der Waals surface area contributed by atoms with Gasteiger partial charge in [0.1, 0.15) is 10.6 Å². The van der Waals surface area contributed by atoms with E-state index in [-0.39, 0.29) is 35.7 Å². The zero-order valence-electron chi connectivity index (χ0n) is 26.0. The van der Waals surface area contributed by atoms with Crippen molar-refractivity contribution in [3.05, 3.63) is 88.9 Å². The summed E-state index contributed by atoms with van der Waals surface area (Å²) in [7, 11) is -4.04. The van der Waals surface area contributed by atoms with Gasteiger partial charge in [0.2, 0.25) is 15.9 Å². The Morgan fingerprint density at radius 1 is 1.07 bits per heavy atom. The molecule has 5 rings (SSSR count). The molecule has 4 aromatic rings. The fourth-order valence-corrected chi connectivity index (χ4v) is 7.68. The number of para-hydroxylation sites is 1. The summed E-state index contributed by atoms with van der Waals surface area (Å²) in [5, 5.41) is 12.8. The molecule has 0 aliphatic carbocycles. The molecule has 10 nitrogen and oxygen atoms in total. The van der Waals surface area contributed by atoms with Crippen LogP contribution in [0.1, 0.15) is 62.2 Å². The number of nitrogens with one attached hydrogen (secondary N) is 2. The van der Waals surface area contributed by atoms with Crippen LogP contribution in [-0.2, 0) is 26.0 Å². The van der Waals surface area contributed by atoms with E-state index in [0.29, 0.717) is 42.2 Å². The molecule has 0 spiro atoms. The van der Waals surface area contributed by atoms with Gasteiger partial charge in [-0.15, -0.1) is 11.3 Å². The molecule has 3 aromatic carbocycles. The van der Waals surface area contributed by atoms with Gasteiger partial charge in [-0.25, -0.2) is 22.9 Å². The number of carbonyl (C=O) groups is 2. The third-order valence-corrected chi connectivity index (χ3v) is 10.2. The maximum atomic E-state index is 13.7. The number of hydrogen-bond donors (Lipinski definition) is 2. The molecule has 2 amide bonds. The highest BCUT2D eigenvalue weighted by Gasteiger charge is 2.28. The predicted molar refractivity (Wildman–Crippen MR) is 178 cm³/mol. The number of rotatable bonds is 9. The highest BCUT2D eigenvalue weighted by Crippen LogP contribution is 2.30. The van der Waals surface area contributed by atoms with Crippen molar-refractivity contribution in [1.82, 2.24) is 14.6 Å². The van der Waals surface area contributed by atoms with E-state index in [2.05, 4.69) is 16.1 Å². The molecule has 2 N–H and O–H groups in total. The molecular weight excluding hydrogens is 623 g/mol. The molecule has 1 aliphatic heterocycles. The van der Waals surface area contributed by atoms with Gasteiger partial charge in [0.25, 0.3) is 0 Å². The van der Waals surface area contributed by atoms with Gasteiger partial charge in [-0.2, -0.15) is 5.26 Å². The van der Waals surface area contributed by atoms with Gasteiger partial charge >= 0.3 is 6.09 Å². The molecule has 1 atom stereocenters. The first-order valence-electron chi connectivity index (χ1n) is 15.1. The molecule has 1 aliphatic rings. The summed E-state index contributed by atoms with van der Waals surface area (Å²) in [6.07, 6.45) is 1.56. The van der Waals surface area contributed by atoms with Gasteiger partial charge < -0.3 is 15.0 Å². The Balaban J connectivity index is 1.26. The number of sulfonamides is 1. The first kappa shape index (κ1) is 33.1. The van der Waals surface area contributed by atoms with Crippen LogP contribution in [0.3, 0.4) is 0 Å². The van der Waals surface area contributed by atoms with Crippen LogP contribution in [0.5, 0.6) is 0 Å². The number of piperidine rings is 1. The Bertz CT molecular complexity index is 1840. The number of nitrogens with zero attached hydrogens (tertiary/aromatic N) is 3. The number of carbonyl (C=O) groups excluding carboxylic acids is 2. The minimum absolute atomic E-state index is 0.00727. The number of fused-ring (bicyclic) bond motifs is 1. The van der Waals surface area contributed by atoms with E-state index in [4.69, 9.17) is 9.72 Å². The van der Waals surface area contributed by atoms with E-state index < -0.39 is 21.7 Å². The number of likely N-dealkylation sites (tertiary alicyclic amines) is 1. The van der Waals surface area contributed by atoms with Crippen LogP contribution >= 0.6 is 11.3 Å². The lowest BCUT2D eigenvalue weighted by Gasteiger charge is -2.33. The molecule has 46 heavy (non-hydrogen) atoms. The van der Waals surface area contributed by atoms with E-state index in [1.807, 2.05) is 51.1 Å². The van der Waals surface area contributed by atoms with Crippen LogP contribution in [0.15, 0.2) is 77.7 Å². The number of hydrogen-bond acceptors (Lipinski definition) is 8. The van der Waals surface area contributed by atoms with Crippen LogP contribution in [0.4, 0.5) is 10.5 Å². The summed E-state index contributed by atoms with van der Waals surface area (Å²) in [4.78, 5) is 31.7. The first-order chi connectivity index (χ1) is 21.9. The van der Waals surface area contributed by atoms with E-state index in [0.717, 1.165) is 15.8 Å². The second kappa shape index (κ2) is 14.0. The van der Waals surface area contributed by atoms with Crippen molar-refractivity contribution in [1.29, 1.82) is 5.26 Å². The monoisotopic (exact) mass is 659 g/mol. The normalized spacial score (nSPS) is 14.9. The van der Waals surface area contributed by atoms with E-state index in [1.165, 1.54) is 23.5 Å². The summed E-state index contributed by atoms with van der Waals surface area (Å²) in [5.74, 6) is -0.121. The molecule has 0 radical (unpaired) electrons. The van der Waals surface area contributed by atoms with Gasteiger partial charge in [-0.3, -0.25) is 4.79 Å². The Kier molecular flexibility index (Phi) is 10.1. The maximum Gasteiger partial charge on any atom is 0.410 e. The molecule has 0 saturated carbocycles. The summed E-state index contributed by atoms with van der Waals surface area (Å²) >= 11 is 1.41. The van der Waals surface area contributed by atoms with Gasteiger partial charge in [0.15, 0.2) is 0 Å². The van der Waals surface area contributed by atoms with Gasteiger partial charge in [0, 0.05) is 25.2 Å². The standard InChI is InChI=1S/C34H37N5O5S2/c1-34(2,3)44-33(41)39-16-14-23(15-17-39)20-31(40)36-26-10-7-11-27(21-26)46(42,43)38-29(19-24-8-6-9-25(18-24)22-35)32-37-28-12-4-5-13-30(28)45-32/h4-13,18,21,23,29,38H,14-17,19-20H2,1-3H3,(H,36,40). The van der Waals surface area contributed by atoms with Crippen LogP contribution in [-0.4, -0.2) is 49.0 Å². The number of aromatic nitrogens is 1. The molecule has 240 valence electrons. The lowest BCUT2D eigenvalue weighted by molar-refractivity contribution is -0.117. The largest absolute Gasteiger partial charge is 0.444 e. The Morgan fingerprint density at radius 3 is 2.52 bits per heavy atom. The lowest BCUT2D eigenvalue weighted by atomic mass is 9.93. The fourth-order valence-electron chi connectivity index (χ4n) is 5.34. The van der Waals surface area contributed by atoms with Crippen molar-refractivity contribution in [3.8, 4) is 6.07 Å². The van der Waals surface area contributed by atoms with Crippen molar-refractivity contribution < 1.29 is 22.7 Å². The molecule has 2 heterocycles. The van der Waals surface area contributed by atoms with Crippen LogP contribution in [0, 0.1) is 17.2 Å². The Labute approximate surface area is 273 Å².